The molecule has 10 heteroatoms. The number of thiophene rings is 2. The fraction of sp³-hybridized carbons (Fsp3) is 0.368. The summed E-state index contributed by atoms with van der Waals surface area (Å²) in [5.41, 5.74) is 0.346. The molecule has 3 aromatic heterocycles. The number of aryl methyl sites for hydroxylation is 1. The summed E-state index contributed by atoms with van der Waals surface area (Å²) in [7, 11) is 1.32. The highest BCUT2D eigenvalue weighted by Crippen LogP contribution is 2.27. The number of aromatic nitrogens is 2. The number of piperazine rings is 1. The van der Waals surface area contributed by atoms with Crippen molar-refractivity contribution in [1.82, 2.24) is 19.8 Å². The smallest absolute Gasteiger partial charge is 0.348 e. The van der Waals surface area contributed by atoms with Crippen LogP contribution in [-0.4, -0.2) is 64.9 Å². The first-order chi connectivity index (χ1) is 14.0. The fourth-order valence-corrected chi connectivity index (χ4v) is 5.24. The maximum absolute atomic E-state index is 12.5. The van der Waals surface area contributed by atoms with E-state index >= 15 is 0 Å². The van der Waals surface area contributed by atoms with Gasteiger partial charge in [0.15, 0.2) is 0 Å². The predicted molar refractivity (Wildman–Crippen MR) is 112 cm³/mol. The molecule has 4 rings (SSSR count). The molecule has 1 saturated heterocycles. The fourth-order valence-electron chi connectivity index (χ4n) is 3.43. The molecule has 0 spiro atoms. The topological polar surface area (TPSA) is 95.6 Å². The Morgan fingerprint density at radius 1 is 1.28 bits per heavy atom. The number of ether oxygens (including phenoxy) is 1. The third-order valence-corrected chi connectivity index (χ3v) is 7.01. The lowest BCUT2D eigenvalue weighted by Crippen LogP contribution is -2.48. The quantitative estimate of drug-likeness (QED) is 0.635. The molecule has 1 aliphatic heterocycles. The highest BCUT2D eigenvalue weighted by Gasteiger charge is 2.24. The van der Waals surface area contributed by atoms with E-state index < -0.39 is 5.97 Å². The maximum Gasteiger partial charge on any atom is 0.348 e. The zero-order valence-corrected chi connectivity index (χ0v) is 17.7. The largest absolute Gasteiger partial charge is 0.465 e. The molecule has 0 unspecified atom stereocenters. The number of nitrogens with one attached hydrogen (secondary N) is 1. The van der Waals surface area contributed by atoms with E-state index in [2.05, 4.69) is 14.9 Å². The number of hydrogen-bond donors (Lipinski definition) is 1. The van der Waals surface area contributed by atoms with Crippen molar-refractivity contribution in [1.29, 1.82) is 0 Å². The Morgan fingerprint density at radius 3 is 2.69 bits per heavy atom. The number of fused-ring (bicyclic) bond motifs is 1. The molecule has 3 aromatic rings. The number of carbonyl (C=O) groups excluding carboxylic acids is 2. The number of carbonyl (C=O) groups is 2. The lowest BCUT2D eigenvalue weighted by Gasteiger charge is -2.34. The van der Waals surface area contributed by atoms with Crippen LogP contribution in [0.5, 0.6) is 0 Å². The number of esters is 1. The molecule has 1 N–H and O–H groups in total. The van der Waals surface area contributed by atoms with Crippen molar-refractivity contribution in [3.63, 3.8) is 0 Å². The molecular formula is C19H20N4O4S2. The summed E-state index contributed by atoms with van der Waals surface area (Å²) >= 11 is 2.62. The van der Waals surface area contributed by atoms with E-state index in [1.807, 2.05) is 22.4 Å². The summed E-state index contributed by atoms with van der Waals surface area (Å²) in [5, 5.41) is 2.34. The molecule has 1 amide bonds. The van der Waals surface area contributed by atoms with E-state index in [1.54, 1.807) is 6.92 Å². The van der Waals surface area contributed by atoms with Crippen molar-refractivity contribution in [2.24, 2.45) is 0 Å². The van der Waals surface area contributed by atoms with E-state index in [0.717, 1.165) is 4.88 Å². The van der Waals surface area contributed by atoms with Gasteiger partial charge in [-0.2, -0.15) is 0 Å². The average molecular weight is 433 g/mol. The second-order valence-electron chi connectivity index (χ2n) is 6.79. The Hall–Kier alpha value is -2.56. The van der Waals surface area contributed by atoms with Gasteiger partial charge in [-0.3, -0.25) is 14.5 Å². The van der Waals surface area contributed by atoms with Crippen molar-refractivity contribution in [2.75, 3.05) is 33.3 Å². The molecule has 0 radical (unpaired) electrons. The van der Waals surface area contributed by atoms with Gasteiger partial charge >= 0.3 is 5.97 Å². The van der Waals surface area contributed by atoms with Crippen LogP contribution in [0.2, 0.25) is 0 Å². The Morgan fingerprint density at radius 2 is 2.03 bits per heavy atom. The van der Waals surface area contributed by atoms with Gasteiger partial charge in [-0.05, 0) is 23.9 Å². The van der Waals surface area contributed by atoms with Crippen LogP contribution in [0.15, 0.2) is 22.3 Å². The number of rotatable bonds is 4. The number of amides is 1. The van der Waals surface area contributed by atoms with Crippen LogP contribution in [0.3, 0.4) is 0 Å². The maximum atomic E-state index is 12.5. The molecule has 0 saturated carbocycles. The van der Waals surface area contributed by atoms with Crippen molar-refractivity contribution < 1.29 is 14.3 Å². The van der Waals surface area contributed by atoms with E-state index in [-0.39, 0.29) is 11.5 Å². The van der Waals surface area contributed by atoms with Crippen molar-refractivity contribution in [2.45, 2.75) is 13.5 Å². The molecule has 0 bridgehead atoms. The molecule has 1 fully saturated rings. The van der Waals surface area contributed by atoms with Crippen LogP contribution in [0, 0.1) is 6.92 Å². The van der Waals surface area contributed by atoms with Crippen LogP contribution in [0.25, 0.3) is 10.2 Å². The van der Waals surface area contributed by atoms with Gasteiger partial charge in [0, 0.05) is 26.2 Å². The summed E-state index contributed by atoms with van der Waals surface area (Å²) in [6.07, 6.45) is 0. The Bertz CT molecular complexity index is 1110. The second-order valence-corrected chi connectivity index (χ2v) is 8.73. The van der Waals surface area contributed by atoms with E-state index in [4.69, 9.17) is 4.74 Å². The number of hydrogen-bond acceptors (Lipinski definition) is 8. The van der Waals surface area contributed by atoms with Crippen LogP contribution in [0.1, 0.15) is 30.7 Å². The van der Waals surface area contributed by atoms with Gasteiger partial charge in [-0.15, -0.1) is 22.7 Å². The van der Waals surface area contributed by atoms with Crippen molar-refractivity contribution in [3.05, 3.63) is 49.0 Å². The molecular weight excluding hydrogens is 412 g/mol. The molecule has 8 nitrogen and oxygen atoms in total. The molecule has 0 atom stereocenters. The number of H-pyrrole nitrogens is 1. The van der Waals surface area contributed by atoms with E-state index in [9.17, 15) is 14.4 Å². The average Bonchev–Trinajstić information content (AvgIpc) is 3.36. The molecule has 0 aromatic carbocycles. The number of nitrogens with zero attached hydrogens (tertiary/aromatic N) is 3. The van der Waals surface area contributed by atoms with Crippen LogP contribution in [-0.2, 0) is 11.3 Å². The molecule has 152 valence electrons. The van der Waals surface area contributed by atoms with Crippen LogP contribution in [0.4, 0.5) is 0 Å². The Balaban J connectivity index is 1.47. The zero-order chi connectivity index (χ0) is 20.5. The van der Waals surface area contributed by atoms with E-state index in [1.165, 1.54) is 29.8 Å². The van der Waals surface area contributed by atoms with Gasteiger partial charge in [0.05, 0.1) is 23.9 Å². The van der Waals surface area contributed by atoms with Gasteiger partial charge in [0.1, 0.15) is 15.5 Å². The van der Waals surface area contributed by atoms with Gasteiger partial charge < -0.3 is 14.6 Å². The van der Waals surface area contributed by atoms with Crippen LogP contribution >= 0.6 is 22.7 Å². The Kier molecular flexibility index (Phi) is 5.48. The van der Waals surface area contributed by atoms with Crippen LogP contribution < -0.4 is 5.56 Å². The molecule has 0 aliphatic carbocycles. The lowest BCUT2D eigenvalue weighted by atomic mass is 10.2. The first-order valence-electron chi connectivity index (χ1n) is 9.13. The normalized spacial score (nSPS) is 15.0. The second kappa shape index (κ2) is 8.05. The van der Waals surface area contributed by atoms with Gasteiger partial charge in [0.25, 0.3) is 11.5 Å². The lowest BCUT2D eigenvalue weighted by molar-refractivity contribution is 0.0603. The highest BCUT2D eigenvalue weighted by molar-refractivity contribution is 7.20. The number of methoxy groups -OCH3 is 1. The summed E-state index contributed by atoms with van der Waals surface area (Å²) in [6, 6.07) is 3.72. The molecule has 29 heavy (non-hydrogen) atoms. The summed E-state index contributed by atoms with van der Waals surface area (Å²) in [6.45, 7) is 4.88. The zero-order valence-electron chi connectivity index (χ0n) is 16.1. The van der Waals surface area contributed by atoms with Gasteiger partial charge in [-0.1, -0.05) is 6.07 Å². The van der Waals surface area contributed by atoms with Crippen molar-refractivity contribution >= 4 is 44.8 Å². The minimum absolute atomic E-state index is 0.0667. The third kappa shape index (κ3) is 3.83. The first-order valence-corrected chi connectivity index (χ1v) is 10.8. The standard InChI is InChI=1S/C19H20N4O4S2/c1-11-14-16(24)20-13(21-17(14)29-15(11)19(26)27-2)10-22-5-7-23(8-6-22)18(25)12-4-3-9-28-12/h3-4,9H,5-8,10H2,1-2H3,(H,20,21,24). The molecule has 4 heterocycles. The molecule has 1 aliphatic rings. The predicted octanol–water partition coefficient (Wildman–Crippen LogP) is 2.10. The van der Waals surface area contributed by atoms with Gasteiger partial charge in [-0.25, -0.2) is 9.78 Å². The highest BCUT2D eigenvalue weighted by atomic mass is 32.1. The summed E-state index contributed by atoms with van der Waals surface area (Å²) < 4.78 is 4.79. The van der Waals surface area contributed by atoms with Crippen molar-refractivity contribution in [3.8, 4) is 0 Å². The third-order valence-electron chi connectivity index (χ3n) is 4.99. The first kappa shape index (κ1) is 19.7. The Labute approximate surface area is 174 Å². The van der Waals surface area contributed by atoms with Gasteiger partial charge in [0.2, 0.25) is 0 Å². The summed E-state index contributed by atoms with van der Waals surface area (Å²) in [5.74, 6) is 0.160. The summed E-state index contributed by atoms with van der Waals surface area (Å²) in [4.78, 5) is 50.0. The monoisotopic (exact) mass is 432 g/mol. The minimum atomic E-state index is -0.460. The number of aromatic amines is 1. The van der Waals surface area contributed by atoms with E-state index in [0.29, 0.717) is 59.2 Å². The SMILES string of the molecule is COC(=O)c1sc2nc(CN3CCN(C(=O)c4cccs4)CC3)[nH]c(=O)c2c1C. The minimum Gasteiger partial charge on any atom is -0.465 e.